The van der Waals surface area contributed by atoms with E-state index in [0.717, 1.165) is 11.5 Å². The number of hydrogen-bond acceptors (Lipinski definition) is 5. The lowest BCUT2D eigenvalue weighted by atomic mass is 10.4. The van der Waals surface area contributed by atoms with Gasteiger partial charge in [-0.1, -0.05) is 11.8 Å². The molecule has 0 atom stereocenters. The van der Waals surface area contributed by atoms with Crippen molar-refractivity contribution in [3.8, 4) is 0 Å². The van der Waals surface area contributed by atoms with Gasteiger partial charge in [0, 0.05) is 13.1 Å². The number of aryl methyl sites for hydroxylation is 2. The van der Waals surface area contributed by atoms with Crippen molar-refractivity contribution in [2.45, 2.75) is 19.1 Å². The van der Waals surface area contributed by atoms with E-state index in [1.54, 1.807) is 0 Å². The van der Waals surface area contributed by atoms with Crippen LogP contribution in [-0.2, 0) is 9.53 Å². The van der Waals surface area contributed by atoms with Gasteiger partial charge in [-0.25, -0.2) is 4.98 Å². The van der Waals surface area contributed by atoms with Gasteiger partial charge >= 0.3 is 0 Å². The molecule has 1 aromatic heterocycles. The Morgan fingerprint density at radius 1 is 1.41 bits per heavy atom. The average molecular weight is 256 g/mol. The lowest BCUT2D eigenvalue weighted by Gasteiger charge is -2.26. The Bertz CT molecular complexity index is 380. The van der Waals surface area contributed by atoms with Gasteiger partial charge in [-0.15, -0.1) is 0 Å². The molecule has 94 valence electrons. The van der Waals surface area contributed by atoms with Gasteiger partial charge in [0.1, 0.15) is 5.76 Å². The van der Waals surface area contributed by atoms with Crippen molar-refractivity contribution in [3.05, 3.63) is 11.5 Å². The fourth-order valence-electron chi connectivity index (χ4n) is 1.53. The highest BCUT2D eigenvalue weighted by Gasteiger charge is 2.18. The first-order valence-corrected chi connectivity index (χ1v) is 6.57. The zero-order valence-corrected chi connectivity index (χ0v) is 10.9. The minimum Gasteiger partial charge on any atom is -0.437 e. The predicted octanol–water partition coefficient (Wildman–Crippen LogP) is 1.24. The molecule has 0 saturated carbocycles. The topological polar surface area (TPSA) is 55.6 Å². The molecule has 1 saturated heterocycles. The summed E-state index contributed by atoms with van der Waals surface area (Å²) < 4.78 is 10.6. The summed E-state index contributed by atoms with van der Waals surface area (Å²) in [5, 5.41) is 0.571. The largest absolute Gasteiger partial charge is 0.437 e. The normalized spacial score (nSPS) is 16.2. The standard InChI is InChI=1S/C11H16N2O3S/c1-8-9(2)16-11(12-8)17-7-10(14)13-3-5-15-6-4-13/h3-7H2,1-2H3. The molecule has 0 spiro atoms. The molecular weight excluding hydrogens is 240 g/mol. The van der Waals surface area contributed by atoms with Crippen LogP contribution in [0, 0.1) is 13.8 Å². The number of ether oxygens (including phenoxy) is 1. The number of aromatic nitrogens is 1. The molecule has 0 radical (unpaired) electrons. The van der Waals surface area contributed by atoms with Gasteiger partial charge in [-0.3, -0.25) is 4.79 Å². The zero-order valence-electron chi connectivity index (χ0n) is 10.1. The maximum Gasteiger partial charge on any atom is 0.256 e. The number of nitrogens with zero attached hydrogens (tertiary/aromatic N) is 2. The summed E-state index contributed by atoms with van der Waals surface area (Å²) in [6.45, 7) is 6.40. The number of carbonyl (C=O) groups excluding carboxylic acids is 1. The second-order valence-electron chi connectivity index (χ2n) is 3.90. The lowest BCUT2D eigenvalue weighted by Crippen LogP contribution is -2.41. The van der Waals surface area contributed by atoms with E-state index in [1.165, 1.54) is 11.8 Å². The number of carbonyl (C=O) groups is 1. The first-order valence-electron chi connectivity index (χ1n) is 5.59. The summed E-state index contributed by atoms with van der Waals surface area (Å²) >= 11 is 1.35. The van der Waals surface area contributed by atoms with Crippen molar-refractivity contribution in [3.63, 3.8) is 0 Å². The van der Waals surface area contributed by atoms with E-state index in [4.69, 9.17) is 9.15 Å². The van der Waals surface area contributed by atoms with Gasteiger partial charge in [0.25, 0.3) is 5.22 Å². The summed E-state index contributed by atoms with van der Waals surface area (Å²) in [5.41, 5.74) is 0.881. The first kappa shape index (κ1) is 12.4. The molecule has 0 bridgehead atoms. The minimum absolute atomic E-state index is 0.117. The van der Waals surface area contributed by atoms with Crippen LogP contribution >= 0.6 is 11.8 Å². The quantitative estimate of drug-likeness (QED) is 0.762. The summed E-state index contributed by atoms with van der Waals surface area (Å²) in [5.74, 6) is 1.30. The average Bonchev–Trinajstić information content (AvgIpc) is 2.67. The monoisotopic (exact) mass is 256 g/mol. The zero-order chi connectivity index (χ0) is 12.3. The SMILES string of the molecule is Cc1nc(SCC(=O)N2CCOCC2)oc1C. The Kier molecular flexibility index (Phi) is 4.06. The van der Waals surface area contributed by atoms with Crippen molar-refractivity contribution >= 4 is 17.7 Å². The summed E-state index contributed by atoms with van der Waals surface area (Å²) in [4.78, 5) is 17.9. The molecule has 0 aromatic carbocycles. The Morgan fingerprint density at radius 3 is 2.71 bits per heavy atom. The molecule has 2 rings (SSSR count). The molecule has 1 aliphatic heterocycles. The van der Waals surface area contributed by atoms with Crippen LogP contribution in [0.15, 0.2) is 9.64 Å². The van der Waals surface area contributed by atoms with Gasteiger partial charge < -0.3 is 14.1 Å². The van der Waals surface area contributed by atoms with Crippen LogP contribution in [0.25, 0.3) is 0 Å². The van der Waals surface area contributed by atoms with Crippen LogP contribution in [0.3, 0.4) is 0 Å². The third-order valence-electron chi connectivity index (χ3n) is 2.69. The fourth-order valence-corrected chi connectivity index (χ4v) is 2.35. The maximum atomic E-state index is 11.8. The van der Waals surface area contributed by atoms with E-state index in [0.29, 0.717) is 37.3 Å². The second-order valence-corrected chi connectivity index (χ2v) is 4.83. The molecule has 6 heteroatoms. The third-order valence-corrected chi connectivity index (χ3v) is 3.50. The van der Waals surface area contributed by atoms with Crippen LogP contribution in [0.1, 0.15) is 11.5 Å². The van der Waals surface area contributed by atoms with Crippen LogP contribution in [0.2, 0.25) is 0 Å². The van der Waals surface area contributed by atoms with Crippen LogP contribution in [0.4, 0.5) is 0 Å². The smallest absolute Gasteiger partial charge is 0.256 e. The lowest BCUT2D eigenvalue weighted by molar-refractivity contribution is -0.132. The molecule has 1 amide bonds. The highest BCUT2D eigenvalue weighted by atomic mass is 32.2. The van der Waals surface area contributed by atoms with Gasteiger partial charge in [0.05, 0.1) is 24.7 Å². The molecule has 0 aliphatic carbocycles. The van der Waals surface area contributed by atoms with E-state index in [-0.39, 0.29) is 5.91 Å². The molecular formula is C11H16N2O3S. The Hall–Kier alpha value is -1.01. The number of thioether (sulfide) groups is 1. The summed E-state index contributed by atoms with van der Waals surface area (Å²) in [6.07, 6.45) is 0. The predicted molar refractivity (Wildman–Crippen MR) is 64.1 cm³/mol. The molecule has 0 N–H and O–H groups in total. The van der Waals surface area contributed by atoms with E-state index in [1.807, 2.05) is 18.7 Å². The van der Waals surface area contributed by atoms with E-state index in [9.17, 15) is 4.79 Å². The van der Waals surface area contributed by atoms with Crippen molar-refractivity contribution < 1.29 is 13.9 Å². The maximum absolute atomic E-state index is 11.8. The van der Waals surface area contributed by atoms with Crippen molar-refractivity contribution in [2.24, 2.45) is 0 Å². The van der Waals surface area contributed by atoms with Crippen molar-refractivity contribution in [1.82, 2.24) is 9.88 Å². The molecule has 1 aromatic rings. The number of morpholine rings is 1. The Balaban J connectivity index is 1.83. The Morgan fingerprint density at radius 2 is 2.12 bits per heavy atom. The fraction of sp³-hybridized carbons (Fsp3) is 0.636. The molecule has 1 fully saturated rings. The highest BCUT2D eigenvalue weighted by Crippen LogP contribution is 2.20. The van der Waals surface area contributed by atoms with E-state index in [2.05, 4.69) is 4.98 Å². The summed E-state index contributed by atoms with van der Waals surface area (Å²) in [6, 6.07) is 0. The molecule has 0 unspecified atom stereocenters. The van der Waals surface area contributed by atoms with E-state index >= 15 is 0 Å². The van der Waals surface area contributed by atoms with Crippen LogP contribution in [0.5, 0.6) is 0 Å². The van der Waals surface area contributed by atoms with Gasteiger partial charge in [0.15, 0.2) is 0 Å². The molecule has 2 heterocycles. The van der Waals surface area contributed by atoms with Gasteiger partial charge in [0.2, 0.25) is 5.91 Å². The number of amides is 1. The van der Waals surface area contributed by atoms with Crippen molar-refractivity contribution in [1.29, 1.82) is 0 Å². The Labute approximate surface area is 105 Å². The van der Waals surface area contributed by atoms with Crippen LogP contribution in [-0.4, -0.2) is 47.8 Å². The number of rotatable bonds is 3. The number of hydrogen-bond donors (Lipinski definition) is 0. The third kappa shape index (κ3) is 3.23. The first-order chi connectivity index (χ1) is 8.16. The molecule has 5 nitrogen and oxygen atoms in total. The second kappa shape index (κ2) is 5.55. The molecule has 17 heavy (non-hydrogen) atoms. The number of oxazole rings is 1. The van der Waals surface area contributed by atoms with E-state index < -0.39 is 0 Å². The van der Waals surface area contributed by atoms with Gasteiger partial charge in [-0.05, 0) is 13.8 Å². The minimum atomic E-state index is 0.117. The van der Waals surface area contributed by atoms with Crippen LogP contribution < -0.4 is 0 Å². The summed E-state index contributed by atoms with van der Waals surface area (Å²) in [7, 11) is 0. The van der Waals surface area contributed by atoms with Gasteiger partial charge in [-0.2, -0.15) is 0 Å². The van der Waals surface area contributed by atoms with Crippen molar-refractivity contribution in [2.75, 3.05) is 32.1 Å². The molecule has 1 aliphatic rings. The highest BCUT2D eigenvalue weighted by molar-refractivity contribution is 7.99.